The van der Waals surface area contributed by atoms with E-state index in [4.69, 9.17) is 5.73 Å². The summed E-state index contributed by atoms with van der Waals surface area (Å²) in [6, 6.07) is 8.17. The highest BCUT2D eigenvalue weighted by Crippen LogP contribution is 2.09. The van der Waals surface area contributed by atoms with E-state index in [1.54, 1.807) is 0 Å². The molecule has 1 unspecified atom stereocenters. The molecule has 1 aromatic rings. The number of nitrogens with two attached hydrogens (primary N) is 1. The normalized spacial score (nSPS) is 12.2. The van der Waals surface area contributed by atoms with Crippen LogP contribution in [0.25, 0.3) is 0 Å². The smallest absolute Gasteiger partial charge is 0.220 e. The van der Waals surface area contributed by atoms with Crippen LogP contribution in [0.15, 0.2) is 24.3 Å². The fraction of sp³-hybridized carbons (Fsp3) is 0.500. The van der Waals surface area contributed by atoms with Gasteiger partial charge in [0.05, 0.1) is 0 Å². The summed E-state index contributed by atoms with van der Waals surface area (Å²) >= 11 is 0. The summed E-state index contributed by atoms with van der Waals surface area (Å²) in [5.74, 6) is 0.450. The molecular weight excluding hydrogens is 212 g/mol. The molecule has 1 rings (SSSR count). The standard InChI is InChI=1S/C14H22N2O/c1-11(9-15)10-16-14(17)8-7-13-6-4-3-5-12(13)2/h3-6,11H,7-10,15H2,1-2H3,(H,16,17). The lowest BCUT2D eigenvalue weighted by Gasteiger charge is -2.10. The van der Waals surface area contributed by atoms with Crippen molar-refractivity contribution in [2.45, 2.75) is 26.7 Å². The third kappa shape index (κ3) is 5.00. The fourth-order valence-electron chi connectivity index (χ4n) is 1.60. The Morgan fingerprint density at radius 1 is 1.41 bits per heavy atom. The Bertz CT molecular complexity index is 363. The highest BCUT2D eigenvalue weighted by molar-refractivity contribution is 5.76. The van der Waals surface area contributed by atoms with E-state index in [9.17, 15) is 4.79 Å². The zero-order valence-corrected chi connectivity index (χ0v) is 10.7. The van der Waals surface area contributed by atoms with Crippen molar-refractivity contribution in [1.82, 2.24) is 5.32 Å². The van der Waals surface area contributed by atoms with Crippen LogP contribution in [0.4, 0.5) is 0 Å². The molecule has 1 atom stereocenters. The lowest BCUT2D eigenvalue weighted by atomic mass is 10.0. The Morgan fingerprint density at radius 3 is 2.76 bits per heavy atom. The molecule has 0 spiro atoms. The molecule has 1 aromatic carbocycles. The van der Waals surface area contributed by atoms with Crippen molar-refractivity contribution in [1.29, 1.82) is 0 Å². The highest BCUT2D eigenvalue weighted by Gasteiger charge is 2.05. The van der Waals surface area contributed by atoms with Crippen molar-refractivity contribution in [2.24, 2.45) is 11.7 Å². The zero-order chi connectivity index (χ0) is 12.7. The monoisotopic (exact) mass is 234 g/mol. The Hall–Kier alpha value is -1.35. The van der Waals surface area contributed by atoms with Gasteiger partial charge in [0.2, 0.25) is 5.91 Å². The molecule has 17 heavy (non-hydrogen) atoms. The maximum absolute atomic E-state index is 11.6. The minimum atomic E-state index is 0.105. The number of nitrogens with one attached hydrogen (secondary N) is 1. The van der Waals surface area contributed by atoms with E-state index in [1.807, 2.05) is 19.1 Å². The maximum atomic E-state index is 11.6. The molecule has 0 saturated heterocycles. The molecule has 0 heterocycles. The number of hydrogen-bond donors (Lipinski definition) is 2. The highest BCUT2D eigenvalue weighted by atomic mass is 16.1. The first-order valence-electron chi connectivity index (χ1n) is 6.14. The minimum absolute atomic E-state index is 0.105. The predicted octanol–water partition coefficient (Wildman–Crippen LogP) is 1.64. The Balaban J connectivity index is 2.31. The number of hydrogen-bond acceptors (Lipinski definition) is 2. The van der Waals surface area contributed by atoms with E-state index >= 15 is 0 Å². The van der Waals surface area contributed by atoms with Crippen LogP contribution in [0, 0.1) is 12.8 Å². The average molecular weight is 234 g/mol. The van der Waals surface area contributed by atoms with Crippen LogP contribution >= 0.6 is 0 Å². The molecule has 0 fully saturated rings. The summed E-state index contributed by atoms with van der Waals surface area (Å²) in [5.41, 5.74) is 7.98. The van der Waals surface area contributed by atoms with Crippen LogP contribution in [-0.4, -0.2) is 19.0 Å². The molecule has 3 nitrogen and oxygen atoms in total. The summed E-state index contributed by atoms with van der Waals surface area (Å²) < 4.78 is 0. The molecule has 0 radical (unpaired) electrons. The van der Waals surface area contributed by atoms with Crippen LogP contribution in [0.2, 0.25) is 0 Å². The van der Waals surface area contributed by atoms with Gasteiger partial charge >= 0.3 is 0 Å². The van der Waals surface area contributed by atoms with E-state index in [0.717, 1.165) is 6.42 Å². The third-order valence-electron chi connectivity index (χ3n) is 2.93. The summed E-state index contributed by atoms with van der Waals surface area (Å²) in [6.45, 7) is 5.38. The van der Waals surface area contributed by atoms with E-state index in [1.165, 1.54) is 11.1 Å². The maximum Gasteiger partial charge on any atom is 0.220 e. The predicted molar refractivity (Wildman–Crippen MR) is 70.7 cm³/mol. The lowest BCUT2D eigenvalue weighted by molar-refractivity contribution is -0.121. The first-order chi connectivity index (χ1) is 8.13. The average Bonchev–Trinajstić information content (AvgIpc) is 2.35. The zero-order valence-electron chi connectivity index (χ0n) is 10.7. The van der Waals surface area contributed by atoms with Gasteiger partial charge in [-0.3, -0.25) is 4.79 Å². The lowest BCUT2D eigenvalue weighted by Crippen LogP contribution is -2.31. The fourth-order valence-corrected chi connectivity index (χ4v) is 1.60. The minimum Gasteiger partial charge on any atom is -0.356 e. The summed E-state index contributed by atoms with van der Waals surface area (Å²) in [4.78, 5) is 11.6. The van der Waals surface area contributed by atoms with Crippen molar-refractivity contribution < 1.29 is 4.79 Å². The first-order valence-corrected chi connectivity index (χ1v) is 6.14. The van der Waals surface area contributed by atoms with Gasteiger partial charge in [-0.05, 0) is 36.9 Å². The second-order valence-electron chi connectivity index (χ2n) is 4.57. The van der Waals surface area contributed by atoms with Gasteiger partial charge in [0, 0.05) is 13.0 Å². The van der Waals surface area contributed by atoms with Gasteiger partial charge in [-0.2, -0.15) is 0 Å². The largest absolute Gasteiger partial charge is 0.356 e. The molecule has 1 amide bonds. The Labute approximate surface area is 103 Å². The van der Waals surface area contributed by atoms with Crippen molar-refractivity contribution in [3.05, 3.63) is 35.4 Å². The van der Waals surface area contributed by atoms with Crippen LogP contribution in [0.3, 0.4) is 0 Å². The number of benzene rings is 1. The van der Waals surface area contributed by atoms with E-state index in [-0.39, 0.29) is 5.91 Å². The molecule has 0 aliphatic carbocycles. The summed E-state index contributed by atoms with van der Waals surface area (Å²) in [5, 5.41) is 2.90. The first kappa shape index (κ1) is 13.7. The van der Waals surface area contributed by atoms with Gasteiger partial charge < -0.3 is 11.1 Å². The van der Waals surface area contributed by atoms with Crippen LogP contribution in [-0.2, 0) is 11.2 Å². The van der Waals surface area contributed by atoms with Gasteiger partial charge in [-0.25, -0.2) is 0 Å². The van der Waals surface area contributed by atoms with Gasteiger partial charge in [-0.15, -0.1) is 0 Å². The number of rotatable bonds is 6. The Kier molecular flexibility index (Phi) is 5.70. The quantitative estimate of drug-likeness (QED) is 0.786. The third-order valence-corrected chi connectivity index (χ3v) is 2.93. The van der Waals surface area contributed by atoms with E-state index in [2.05, 4.69) is 24.4 Å². The second-order valence-corrected chi connectivity index (χ2v) is 4.57. The molecule has 94 valence electrons. The topological polar surface area (TPSA) is 55.1 Å². The van der Waals surface area contributed by atoms with E-state index in [0.29, 0.717) is 25.4 Å². The molecular formula is C14H22N2O. The summed E-state index contributed by atoms with van der Waals surface area (Å²) in [7, 11) is 0. The number of amides is 1. The van der Waals surface area contributed by atoms with E-state index < -0.39 is 0 Å². The Morgan fingerprint density at radius 2 is 2.12 bits per heavy atom. The SMILES string of the molecule is Cc1ccccc1CCC(=O)NCC(C)CN. The molecule has 0 bridgehead atoms. The van der Waals surface area contributed by atoms with Crippen LogP contribution < -0.4 is 11.1 Å². The molecule has 0 aliphatic heterocycles. The van der Waals surface area contributed by atoms with Crippen molar-refractivity contribution in [3.8, 4) is 0 Å². The van der Waals surface area contributed by atoms with Gasteiger partial charge in [0.15, 0.2) is 0 Å². The summed E-state index contributed by atoms with van der Waals surface area (Å²) in [6.07, 6.45) is 1.34. The van der Waals surface area contributed by atoms with Crippen molar-refractivity contribution in [2.75, 3.05) is 13.1 Å². The number of carbonyl (C=O) groups is 1. The molecule has 0 aliphatic rings. The van der Waals surface area contributed by atoms with Gasteiger partial charge in [0.1, 0.15) is 0 Å². The van der Waals surface area contributed by atoms with Crippen molar-refractivity contribution in [3.63, 3.8) is 0 Å². The van der Waals surface area contributed by atoms with Crippen LogP contribution in [0.1, 0.15) is 24.5 Å². The molecule has 3 N–H and O–H groups in total. The molecule has 0 saturated carbocycles. The number of aryl methyl sites for hydroxylation is 2. The second kappa shape index (κ2) is 7.07. The molecule has 0 aromatic heterocycles. The van der Waals surface area contributed by atoms with Crippen molar-refractivity contribution >= 4 is 5.91 Å². The molecule has 3 heteroatoms. The van der Waals surface area contributed by atoms with Gasteiger partial charge in [-0.1, -0.05) is 31.2 Å². The van der Waals surface area contributed by atoms with Gasteiger partial charge in [0.25, 0.3) is 0 Å². The van der Waals surface area contributed by atoms with Crippen LogP contribution in [0.5, 0.6) is 0 Å². The number of carbonyl (C=O) groups excluding carboxylic acids is 1.